The number of rotatable bonds is 4. The standard InChI is InChI=1S/C14H24N2O4/c1-9(8-13(18)19)7-12(17)15-14(20)16-10(2)5-4-6-11(16)3/h9-11H,4-8H2,1-3H3,(H,18,19)(H,15,17,20). The van der Waals surface area contributed by atoms with E-state index in [1.165, 1.54) is 0 Å². The Morgan fingerprint density at radius 1 is 1.20 bits per heavy atom. The third kappa shape index (κ3) is 4.83. The average Bonchev–Trinajstić information content (AvgIpc) is 2.26. The van der Waals surface area contributed by atoms with Crippen LogP contribution in [0.3, 0.4) is 0 Å². The van der Waals surface area contributed by atoms with Gasteiger partial charge in [0.25, 0.3) is 0 Å². The number of hydrogen-bond donors (Lipinski definition) is 2. The summed E-state index contributed by atoms with van der Waals surface area (Å²) in [5.41, 5.74) is 0. The second-order valence-corrected chi connectivity index (χ2v) is 5.80. The van der Waals surface area contributed by atoms with E-state index in [9.17, 15) is 14.4 Å². The number of carbonyl (C=O) groups excluding carboxylic acids is 2. The lowest BCUT2D eigenvalue weighted by atomic mass is 9.98. The first-order chi connectivity index (χ1) is 9.31. The van der Waals surface area contributed by atoms with Crippen molar-refractivity contribution in [2.75, 3.05) is 0 Å². The Balaban J connectivity index is 2.48. The Morgan fingerprint density at radius 2 is 1.75 bits per heavy atom. The van der Waals surface area contributed by atoms with E-state index in [2.05, 4.69) is 5.32 Å². The number of hydrogen-bond acceptors (Lipinski definition) is 3. The van der Waals surface area contributed by atoms with Gasteiger partial charge in [-0.1, -0.05) is 6.92 Å². The zero-order valence-electron chi connectivity index (χ0n) is 12.4. The molecule has 1 fully saturated rings. The van der Waals surface area contributed by atoms with Crippen LogP contribution in [-0.2, 0) is 9.59 Å². The van der Waals surface area contributed by atoms with Crippen molar-refractivity contribution in [1.82, 2.24) is 10.2 Å². The molecule has 1 rings (SSSR count). The minimum Gasteiger partial charge on any atom is -0.481 e. The number of amides is 3. The van der Waals surface area contributed by atoms with Crippen molar-refractivity contribution in [3.63, 3.8) is 0 Å². The van der Waals surface area contributed by atoms with Crippen molar-refractivity contribution >= 4 is 17.9 Å². The highest BCUT2D eigenvalue weighted by Gasteiger charge is 2.29. The summed E-state index contributed by atoms with van der Waals surface area (Å²) < 4.78 is 0. The summed E-state index contributed by atoms with van der Waals surface area (Å²) in [4.78, 5) is 36.1. The number of piperidine rings is 1. The summed E-state index contributed by atoms with van der Waals surface area (Å²) >= 11 is 0. The van der Waals surface area contributed by atoms with Gasteiger partial charge in [0.05, 0.1) is 0 Å². The Labute approximate surface area is 119 Å². The number of urea groups is 1. The molecule has 1 aliphatic rings. The van der Waals surface area contributed by atoms with E-state index in [1.807, 2.05) is 13.8 Å². The summed E-state index contributed by atoms with van der Waals surface area (Å²) in [6.07, 6.45) is 2.96. The number of carboxylic acid groups (broad SMARTS) is 1. The maximum absolute atomic E-state index is 12.1. The molecule has 1 saturated heterocycles. The van der Waals surface area contributed by atoms with Gasteiger partial charge in [-0.3, -0.25) is 14.9 Å². The van der Waals surface area contributed by atoms with Gasteiger partial charge < -0.3 is 10.0 Å². The van der Waals surface area contributed by atoms with Crippen LogP contribution >= 0.6 is 0 Å². The van der Waals surface area contributed by atoms with Crippen molar-refractivity contribution in [2.45, 2.75) is 65.0 Å². The summed E-state index contributed by atoms with van der Waals surface area (Å²) in [7, 11) is 0. The van der Waals surface area contributed by atoms with Gasteiger partial charge in [-0.25, -0.2) is 4.79 Å². The first-order valence-corrected chi connectivity index (χ1v) is 7.15. The highest BCUT2D eigenvalue weighted by molar-refractivity contribution is 5.94. The summed E-state index contributed by atoms with van der Waals surface area (Å²) in [5, 5.41) is 11.0. The van der Waals surface area contributed by atoms with Gasteiger partial charge in [0.2, 0.25) is 5.91 Å². The number of likely N-dealkylation sites (tertiary alicyclic amines) is 1. The molecule has 3 atom stereocenters. The minimum absolute atomic E-state index is 0.0502. The van der Waals surface area contributed by atoms with Gasteiger partial charge in [-0.15, -0.1) is 0 Å². The monoisotopic (exact) mass is 284 g/mol. The summed E-state index contributed by atoms with van der Waals surface area (Å²) in [6.45, 7) is 5.64. The molecule has 0 aromatic carbocycles. The second-order valence-electron chi connectivity index (χ2n) is 5.80. The molecular weight excluding hydrogens is 260 g/mol. The lowest BCUT2D eigenvalue weighted by Crippen LogP contribution is -2.53. The number of carbonyl (C=O) groups is 3. The topological polar surface area (TPSA) is 86.7 Å². The zero-order valence-corrected chi connectivity index (χ0v) is 12.4. The third-order valence-electron chi connectivity index (χ3n) is 3.73. The van der Waals surface area contributed by atoms with Gasteiger partial charge in [0.1, 0.15) is 0 Å². The first kappa shape index (κ1) is 16.5. The fourth-order valence-electron chi connectivity index (χ4n) is 2.74. The Kier molecular flexibility index (Phi) is 5.98. The van der Waals surface area contributed by atoms with Crippen LogP contribution in [0.5, 0.6) is 0 Å². The highest BCUT2D eigenvalue weighted by atomic mass is 16.4. The number of carboxylic acids is 1. The van der Waals surface area contributed by atoms with E-state index < -0.39 is 11.9 Å². The molecule has 114 valence electrons. The molecule has 20 heavy (non-hydrogen) atoms. The van der Waals surface area contributed by atoms with Crippen LogP contribution < -0.4 is 5.32 Å². The molecule has 0 aromatic heterocycles. The maximum atomic E-state index is 12.1. The number of imide groups is 1. The zero-order chi connectivity index (χ0) is 15.3. The van der Waals surface area contributed by atoms with Crippen molar-refractivity contribution in [2.24, 2.45) is 5.92 Å². The molecule has 0 saturated carbocycles. The molecule has 1 heterocycles. The molecular formula is C14H24N2O4. The van der Waals surface area contributed by atoms with Crippen LogP contribution in [0.1, 0.15) is 52.9 Å². The molecule has 0 spiro atoms. The summed E-state index contributed by atoms with van der Waals surface area (Å²) in [5.74, 6) is -1.62. The predicted molar refractivity (Wildman–Crippen MR) is 74.2 cm³/mol. The number of aliphatic carboxylic acids is 1. The third-order valence-corrected chi connectivity index (χ3v) is 3.73. The lowest BCUT2D eigenvalue weighted by molar-refractivity contribution is -0.138. The largest absolute Gasteiger partial charge is 0.481 e. The Bertz CT molecular complexity index is 373. The Morgan fingerprint density at radius 3 is 2.25 bits per heavy atom. The van der Waals surface area contributed by atoms with Crippen LogP contribution in [0.15, 0.2) is 0 Å². The molecule has 1 aliphatic heterocycles. The van der Waals surface area contributed by atoms with E-state index in [-0.39, 0.29) is 36.9 Å². The Hall–Kier alpha value is -1.59. The van der Waals surface area contributed by atoms with Crippen LogP contribution in [0, 0.1) is 5.92 Å². The number of nitrogens with zero attached hydrogens (tertiary/aromatic N) is 1. The van der Waals surface area contributed by atoms with Crippen molar-refractivity contribution in [1.29, 1.82) is 0 Å². The van der Waals surface area contributed by atoms with Gasteiger partial charge in [-0.2, -0.15) is 0 Å². The molecule has 0 bridgehead atoms. The van der Waals surface area contributed by atoms with Crippen molar-refractivity contribution < 1.29 is 19.5 Å². The normalized spacial score (nSPS) is 24.1. The van der Waals surface area contributed by atoms with Crippen LogP contribution in [-0.4, -0.2) is 40.0 Å². The fraction of sp³-hybridized carbons (Fsp3) is 0.786. The molecule has 6 heteroatoms. The van der Waals surface area contributed by atoms with E-state index >= 15 is 0 Å². The van der Waals surface area contributed by atoms with E-state index in [1.54, 1.807) is 11.8 Å². The van der Waals surface area contributed by atoms with Crippen molar-refractivity contribution in [3.05, 3.63) is 0 Å². The van der Waals surface area contributed by atoms with Crippen LogP contribution in [0.2, 0.25) is 0 Å². The molecule has 0 radical (unpaired) electrons. The molecule has 0 aliphatic carbocycles. The van der Waals surface area contributed by atoms with Gasteiger partial charge >= 0.3 is 12.0 Å². The molecule has 6 nitrogen and oxygen atoms in total. The highest BCUT2D eigenvalue weighted by Crippen LogP contribution is 2.22. The quantitative estimate of drug-likeness (QED) is 0.826. The molecule has 2 N–H and O–H groups in total. The summed E-state index contributed by atoms with van der Waals surface area (Å²) in [6, 6.07) is -0.108. The van der Waals surface area contributed by atoms with E-state index in [0.29, 0.717) is 0 Å². The minimum atomic E-state index is -0.935. The van der Waals surface area contributed by atoms with Crippen molar-refractivity contribution in [3.8, 4) is 0 Å². The van der Waals surface area contributed by atoms with Gasteiger partial charge in [0, 0.05) is 24.9 Å². The predicted octanol–water partition coefficient (Wildman–Crippen LogP) is 1.99. The van der Waals surface area contributed by atoms with Gasteiger partial charge in [0.15, 0.2) is 0 Å². The SMILES string of the molecule is CC(CC(=O)O)CC(=O)NC(=O)N1C(C)CCCC1C. The van der Waals surface area contributed by atoms with E-state index in [4.69, 9.17) is 5.11 Å². The van der Waals surface area contributed by atoms with Crippen LogP contribution in [0.25, 0.3) is 0 Å². The molecule has 3 amide bonds. The van der Waals surface area contributed by atoms with E-state index in [0.717, 1.165) is 19.3 Å². The lowest BCUT2D eigenvalue weighted by Gasteiger charge is -2.38. The second kappa shape index (κ2) is 7.26. The first-order valence-electron chi connectivity index (χ1n) is 7.15. The number of nitrogens with one attached hydrogen (secondary N) is 1. The average molecular weight is 284 g/mol. The molecule has 3 unspecified atom stereocenters. The smallest absolute Gasteiger partial charge is 0.324 e. The fourth-order valence-corrected chi connectivity index (χ4v) is 2.74. The van der Waals surface area contributed by atoms with Gasteiger partial charge in [-0.05, 0) is 39.0 Å². The molecule has 0 aromatic rings. The van der Waals surface area contributed by atoms with Crippen LogP contribution in [0.4, 0.5) is 4.79 Å². The maximum Gasteiger partial charge on any atom is 0.324 e.